The van der Waals surface area contributed by atoms with Crippen LogP contribution in [-0.4, -0.2) is 13.1 Å². The lowest BCUT2D eigenvalue weighted by atomic mass is 9.83. The van der Waals surface area contributed by atoms with Crippen LogP contribution in [0.1, 0.15) is 25.8 Å². The molecule has 0 radical (unpaired) electrons. The molecule has 0 amide bonds. The van der Waals surface area contributed by atoms with E-state index < -0.39 is 0 Å². The number of benzene rings is 1. The average molecular weight is 268 g/mol. The first-order valence-electron chi connectivity index (χ1n) is 6.81. The molecule has 0 heterocycles. The molecule has 0 N–H and O–H groups in total. The number of carbonyl (C=O) groups is 1. The van der Waals surface area contributed by atoms with Crippen LogP contribution in [0.5, 0.6) is 0 Å². The largest absolute Gasteiger partial charge is 0.466 e. The minimum Gasteiger partial charge on any atom is -0.466 e. The van der Waals surface area contributed by atoms with Crippen molar-refractivity contribution in [1.82, 2.24) is 0 Å². The third-order valence-electron chi connectivity index (χ3n) is 3.40. The summed E-state index contributed by atoms with van der Waals surface area (Å²) in [4.78, 5) is 11.9. The molecule has 20 heavy (non-hydrogen) atoms. The highest BCUT2D eigenvalue weighted by atomic mass is 16.5. The van der Waals surface area contributed by atoms with Crippen molar-refractivity contribution in [3.63, 3.8) is 0 Å². The summed E-state index contributed by atoms with van der Waals surface area (Å²) in [5, 5.41) is 0. The first kappa shape index (κ1) is 14.3. The molecule has 1 aromatic carbocycles. The summed E-state index contributed by atoms with van der Waals surface area (Å²) < 4.78 is 4.88. The highest BCUT2D eigenvalue weighted by Gasteiger charge is 2.23. The van der Waals surface area contributed by atoms with Crippen LogP contribution in [0.4, 0.5) is 0 Å². The van der Waals surface area contributed by atoms with Gasteiger partial charge >= 0.3 is 5.97 Å². The summed E-state index contributed by atoms with van der Waals surface area (Å²) in [5.74, 6) is -0.150. The molecule has 0 aliphatic heterocycles. The highest BCUT2D eigenvalue weighted by molar-refractivity contribution is 5.91. The molecule has 1 aliphatic carbocycles. The van der Waals surface area contributed by atoms with Crippen LogP contribution in [-0.2, 0) is 9.53 Å². The molecule has 2 rings (SSSR count). The molecule has 1 unspecified atom stereocenters. The molecule has 104 valence electrons. The third-order valence-corrected chi connectivity index (χ3v) is 3.40. The van der Waals surface area contributed by atoms with Gasteiger partial charge in [0, 0.05) is 11.5 Å². The molecule has 1 aliphatic rings. The van der Waals surface area contributed by atoms with Crippen molar-refractivity contribution in [2.24, 2.45) is 5.92 Å². The Bertz CT molecular complexity index is 573. The van der Waals surface area contributed by atoms with Crippen molar-refractivity contribution in [2.45, 2.75) is 20.3 Å². The summed E-state index contributed by atoms with van der Waals surface area (Å²) >= 11 is 0. The van der Waals surface area contributed by atoms with Gasteiger partial charge in [0.2, 0.25) is 0 Å². The Morgan fingerprint density at radius 2 is 1.90 bits per heavy atom. The first-order chi connectivity index (χ1) is 9.61. The van der Waals surface area contributed by atoms with E-state index in [2.05, 4.69) is 32.1 Å². The Morgan fingerprint density at radius 3 is 2.50 bits per heavy atom. The number of allylic oxidation sites excluding steroid dienone is 5. The fourth-order valence-electron chi connectivity index (χ4n) is 2.48. The van der Waals surface area contributed by atoms with Crippen molar-refractivity contribution in [2.75, 3.05) is 7.11 Å². The zero-order valence-electron chi connectivity index (χ0n) is 12.2. The lowest BCUT2D eigenvalue weighted by Gasteiger charge is -2.22. The molecule has 0 saturated heterocycles. The number of esters is 1. The van der Waals surface area contributed by atoms with Gasteiger partial charge in [0.1, 0.15) is 0 Å². The second kappa shape index (κ2) is 6.38. The molecule has 0 saturated carbocycles. The van der Waals surface area contributed by atoms with E-state index >= 15 is 0 Å². The van der Waals surface area contributed by atoms with Crippen molar-refractivity contribution >= 4 is 11.5 Å². The van der Waals surface area contributed by atoms with E-state index in [9.17, 15) is 4.79 Å². The molecule has 0 fully saturated rings. The Labute approximate surface area is 120 Å². The number of rotatable bonds is 3. The normalized spacial score (nSPS) is 17.9. The van der Waals surface area contributed by atoms with E-state index in [0.717, 1.165) is 12.0 Å². The van der Waals surface area contributed by atoms with Gasteiger partial charge in [-0.1, -0.05) is 54.1 Å². The van der Waals surface area contributed by atoms with Gasteiger partial charge in [0.25, 0.3) is 0 Å². The SMILES string of the molecule is COC(=O)C1=CC=C(c2ccccc2)CC1C=C(C)C. The maximum Gasteiger partial charge on any atom is 0.334 e. The first-order valence-corrected chi connectivity index (χ1v) is 6.81. The van der Waals surface area contributed by atoms with Gasteiger partial charge in [0.15, 0.2) is 0 Å². The van der Waals surface area contributed by atoms with E-state index in [0.29, 0.717) is 0 Å². The smallest absolute Gasteiger partial charge is 0.334 e. The van der Waals surface area contributed by atoms with Crippen LogP contribution in [0.25, 0.3) is 5.57 Å². The van der Waals surface area contributed by atoms with E-state index in [-0.39, 0.29) is 11.9 Å². The monoisotopic (exact) mass is 268 g/mol. The van der Waals surface area contributed by atoms with Crippen LogP contribution in [0.2, 0.25) is 0 Å². The van der Waals surface area contributed by atoms with Gasteiger partial charge in [-0.05, 0) is 31.4 Å². The summed E-state index contributed by atoms with van der Waals surface area (Å²) in [6.45, 7) is 4.10. The lowest BCUT2D eigenvalue weighted by molar-refractivity contribution is -0.136. The maximum atomic E-state index is 11.9. The number of hydrogen-bond acceptors (Lipinski definition) is 2. The van der Waals surface area contributed by atoms with E-state index in [1.165, 1.54) is 23.8 Å². The lowest BCUT2D eigenvalue weighted by Crippen LogP contribution is -2.16. The van der Waals surface area contributed by atoms with Gasteiger partial charge in [-0.2, -0.15) is 0 Å². The molecule has 0 spiro atoms. The van der Waals surface area contributed by atoms with Gasteiger partial charge in [-0.25, -0.2) is 4.79 Å². The van der Waals surface area contributed by atoms with Gasteiger partial charge in [0.05, 0.1) is 7.11 Å². The summed E-state index contributed by atoms with van der Waals surface area (Å²) in [7, 11) is 1.43. The van der Waals surface area contributed by atoms with E-state index in [1.54, 1.807) is 0 Å². The predicted molar refractivity (Wildman–Crippen MR) is 82.1 cm³/mol. The second-order valence-corrected chi connectivity index (χ2v) is 5.23. The number of carbonyl (C=O) groups excluding carboxylic acids is 1. The summed E-state index contributed by atoms with van der Waals surface area (Å²) in [6, 6.07) is 10.3. The summed E-state index contributed by atoms with van der Waals surface area (Å²) in [5.41, 5.74) is 4.40. The Morgan fingerprint density at radius 1 is 1.20 bits per heavy atom. The fraction of sp³-hybridized carbons (Fsp3) is 0.278. The van der Waals surface area contributed by atoms with Crippen LogP contribution in [0, 0.1) is 5.92 Å². The standard InChI is InChI=1S/C18H20O2/c1-13(2)11-16-12-15(14-7-5-4-6-8-14)9-10-17(16)18(19)20-3/h4-11,16H,12H2,1-3H3. The topological polar surface area (TPSA) is 26.3 Å². The maximum absolute atomic E-state index is 11.9. The average Bonchev–Trinajstić information content (AvgIpc) is 2.46. The van der Waals surface area contributed by atoms with Crippen LogP contribution in [0.15, 0.2) is 59.7 Å². The molecular formula is C18H20O2. The Hall–Kier alpha value is -2.09. The van der Waals surface area contributed by atoms with Crippen molar-refractivity contribution in [3.05, 3.63) is 65.3 Å². The van der Waals surface area contributed by atoms with Crippen LogP contribution < -0.4 is 0 Å². The van der Waals surface area contributed by atoms with Gasteiger partial charge < -0.3 is 4.74 Å². The molecule has 2 heteroatoms. The van der Waals surface area contributed by atoms with Gasteiger partial charge in [-0.3, -0.25) is 0 Å². The fourth-order valence-corrected chi connectivity index (χ4v) is 2.48. The minimum atomic E-state index is -0.240. The summed E-state index contributed by atoms with van der Waals surface area (Å²) in [6.07, 6.45) is 6.88. The quantitative estimate of drug-likeness (QED) is 0.608. The number of ether oxygens (including phenoxy) is 1. The highest BCUT2D eigenvalue weighted by Crippen LogP contribution is 2.33. The molecular weight excluding hydrogens is 248 g/mol. The molecule has 1 atom stereocenters. The van der Waals surface area contributed by atoms with Gasteiger partial charge in [-0.15, -0.1) is 0 Å². The van der Waals surface area contributed by atoms with E-state index in [4.69, 9.17) is 4.74 Å². The second-order valence-electron chi connectivity index (χ2n) is 5.23. The van der Waals surface area contributed by atoms with E-state index in [1.807, 2.05) is 30.4 Å². The number of hydrogen-bond donors (Lipinski definition) is 0. The molecule has 1 aromatic rings. The molecule has 2 nitrogen and oxygen atoms in total. The molecule has 0 bridgehead atoms. The number of methoxy groups -OCH3 is 1. The third kappa shape index (κ3) is 3.27. The van der Waals surface area contributed by atoms with Crippen molar-refractivity contribution in [3.8, 4) is 0 Å². The molecule has 0 aromatic heterocycles. The minimum absolute atomic E-state index is 0.0904. The van der Waals surface area contributed by atoms with Crippen molar-refractivity contribution < 1.29 is 9.53 Å². The van der Waals surface area contributed by atoms with Crippen molar-refractivity contribution in [1.29, 1.82) is 0 Å². The van der Waals surface area contributed by atoms with Crippen LogP contribution >= 0.6 is 0 Å². The Balaban J connectivity index is 2.36. The van der Waals surface area contributed by atoms with Crippen LogP contribution in [0.3, 0.4) is 0 Å². The predicted octanol–water partition coefficient (Wildman–Crippen LogP) is 4.16. The zero-order valence-corrected chi connectivity index (χ0v) is 12.2. The zero-order chi connectivity index (χ0) is 14.5. The Kier molecular flexibility index (Phi) is 4.57.